The first-order valence-corrected chi connectivity index (χ1v) is 6.72. The van der Waals surface area contributed by atoms with Crippen molar-refractivity contribution in [2.24, 2.45) is 0 Å². The number of hydrogen-bond acceptors (Lipinski definition) is 5. The number of amides is 1. The van der Waals surface area contributed by atoms with E-state index in [1.807, 2.05) is 19.1 Å². The number of benzene rings is 1. The zero-order valence-electron chi connectivity index (χ0n) is 12.5. The highest BCUT2D eigenvalue weighted by molar-refractivity contribution is 5.94. The van der Waals surface area contributed by atoms with E-state index in [1.54, 1.807) is 29.8 Å². The Bertz CT molecular complexity index is 597. The van der Waals surface area contributed by atoms with Gasteiger partial charge in [-0.25, -0.2) is 4.68 Å². The molecule has 1 aromatic carbocycles. The second-order valence-corrected chi connectivity index (χ2v) is 4.83. The highest BCUT2D eigenvalue weighted by Crippen LogP contribution is 2.15. The maximum atomic E-state index is 12.3. The molecular weight excluding hydrogens is 270 g/mol. The third kappa shape index (κ3) is 3.63. The van der Waals surface area contributed by atoms with E-state index < -0.39 is 0 Å². The van der Waals surface area contributed by atoms with Crippen LogP contribution in [0.3, 0.4) is 0 Å². The molecule has 0 aliphatic rings. The number of rotatable bonds is 6. The average molecular weight is 289 g/mol. The molecule has 0 atom stereocenters. The van der Waals surface area contributed by atoms with Crippen LogP contribution in [0.25, 0.3) is 5.69 Å². The van der Waals surface area contributed by atoms with Crippen LogP contribution in [-0.4, -0.2) is 58.3 Å². The molecule has 1 amide bonds. The number of hydrogen-bond donors (Lipinski definition) is 0. The molecule has 0 fully saturated rings. The smallest absolute Gasteiger partial charge is 0.253 e. The van der Waals surface area contributed by atoms with Gasteiger partial charge in [-0.15, -0.1) is 5.10 Å². The molecule has 0 saturated heterocycles. The van der Waals surface area contributed by atoms with Crippen molar-refractivity contribution >= 4 is 5.91 Å². The number of carbonyl (C=O) groups is 1. The van der Waals surface area contributed by atoms with Crippen LogP contribution in [0.5, 0.6) is 0 Å². The first-order chi connectivity index (χ1) is 10.1. The zero-order valence-corrected chi connectivity index (χ0v) is 12.5. The standard InChI is InChI=1S/C14H19N5O2/c1-11-9-12(14(20)18(2)7-4-8-21-3)5-6-13(11)19-10-15-16-17-19/h5-6,9-10H,4,7-8H2,1-3H3. The number of nitrogens with zero attached hydrogens (tertiary/aromatic N) is 5. The van der Waals surface area contributed by atoms with Crippen LogP contribution in [-0.2, 0) is 4.74 Å². The number of methoxy groups -OCH3 is 1. The van der Waals surface area contributed by atoms with Gasteiger partial charge < -0.3 is 9.64 Å². The van der Waals surface area contributed by atoms with Crippen molar-refractivity contribution < 1.29 is 9.53 Å². The van der Waals surface area contributed by atoms with Gasteiger partial charge in [-0.2, -0.15) is 0 Å². The van der Waals surface area contributed by atoms with Crippen molar-refractivity contribution in [3.05, 3.63) is 35.7 Å². The summed E-state index contributed by atoms with van der Waals surface area (Å²) in [6.45, 7) is 3.24. The third-order valence-corrected chi connectivity index (χ3v) is 3.23. The molecule has 0 aliphatic carbocycles. The summed E-state index contributed by atoms with van der Waals surface area (Å²) in [5, 5.41) is 11.1. The first kappa shape index (κ1) is 15.1. The van der Waals surface area contributed by atoms with Crippen LogP contribution < -0.4 is 0 Å². The molecule has 1 heterocycles. The Hall–Kier alpha value is -2.28. The molecule has 0 aliphatic heterocycles. The second-order valence-electron chi connectivity index (χ2n) is 4.83. The highest BCUT2D eigenvalue weighted by Gasteiger charge is 2.13. The Balaban J connectivity index is 2.11. The Morgan fingerprint density at radius 3 is 2.86 bits per heavy atom. The minimum Gasteiger partial charge on any atom is -0.385 e. The highest BCUT2D eigenvalue weighted by atomic mass is 16.5. The Labute approximate surface area is 123 Å². The first-order valence-electron chi connectivity index (χ1n) is 6.72. The lowest BCUT2D eigenvalue weighted by Gasteiger charge is -2.17. The van der Waals surface area contributed by atoms with Crippen molar-refractivity contribution in [3.8, 4) is 5.69 Å². The molecule has 1 aromatic heterocycles. The van der Waals surface area contributed by atoms with Gasteiger partial charge in [0.15, 0.2) is 0 Å². The van der Waals surface area contributed by atoms with E-state index in [2.05, 4.69) is 15.5 Å². The molecule has 0 N–H and O–H groups in total. The summed E-state index contributed by atoms with van der Waals surface area (Å²) in [5.41, 5.74) is 2.46. The van der Waals surface area contributed by atoms with Gasteiger partial charge in [0, 0.05) is 32.9 Å². The van der Waals surface area contributed by atoms with E-state index in [0.29, 0.717) is 18.7 Å². The van der Waals surface area contributed by atoms with Crippen molar-refractivity contribution in [1.29, 1.82) is 0 Å². The van der Waals surface area contributed by atoms with Gasteiger partial charge in [-0.3, -0.25) is 4.79 Å². The van der Waals surface area contributed by atoms with Gasteiger partial charge in [0.05, 0.1) is 5.69 Å². The zero-order chi connectivity index (χ0) is 15.2. The lowest BCUT2D eigenvalue weighted by Crippen LogP contribution is -2.28. The molecule has 2 aromatic rings. The molecule has 0 bridgehead atoms. The fraction of sp³-hybridized carbons (Fsp3) is 0.429. The predicted octanol–water partition coefficient (Wildman–Crippen LogP) is 1.08. The summed E-state index contributed by atoms with van der Waals surface area (Å²) in [5.74, 6) is -0.00234. The largest absolute Gasteiger partial charge is 0.385 e. The predicted molar refractivity (Wildman–Crippen MR) is 77.3 cm³/mol. The number of aromatic nitrogens is 4. The van der Waals surface area contributed by atoms with Gasteiger partial charge >= 0.3 is 0 Å². The van der Waals surface area contributed by atoms with Crippen molar-refractivity contribution in [2.75, 3.05) is 27.3 Å². The van der Waals surface area contributed by atoms with Crippen molar-refractivity contribution in [3.63, 3.8) is 0 Å². The van der Waals surface area contributed by atoms with Crippen LogP contribution in [0.1, 0.15) is 22.3 Å². The summed E-state index contributed by atoms with van der Waals surface area (Å²) in [4.78, 5) is 14.0. The summed E-state index contributed by atoms with van der Waals surface area (Å²) < 4.78 is 6.57. The molecule has 0 saturated carbocycles. The summed E-state index contributed by atoms with van der Waals surface area (Å²) in [7, 11) is 3.45. The fourth-order valence-corrected chi connectivity index (χ4v) is 2.09. The number of ether oxygens (including phenoxy) is 1. The summed E-state index contributed by atoms with van der Waals surface area (Å²) in [6, 6.07) is 5.49. The second kappa shape index (κ2) is 6.94. The SMILES string of the molecule is COCCCN(C)C(=O)c1ccc(-n2cnnn2)c(C)c1. The van der Waals surface area contributed by atoms with Gasteiger partial charge in [-0.05, 0) is 47.5 Å². The van der Waals surface area contributed by atoms with Gasteiger partial charge in [-0.1, -0.05) is 0 Å². The Kier molecular flexibility index (Phi) is 4.99. The van der Waals surface area contributed by atoms with Gasteiger partial charge in [0.1, 0.15) is 6.33 Å². The van der Waals surface area contributed by atoms with Crippen molar-refractivity contribution in [1.82, 2.24) is 25.1 Å². The molecule has 112 valence electrons. The van der Waals surface area contributed by atoms with Crippen molar-refractivity contribution in [2.45, 2.75) is 13.3 Å². The van der Waals surface area contributed by atoms with Crippen LogP contribution in [0.2, 0.25) is 0 Å². The topological polar surface area (TPSA) is 73.1 Å². The monoisotopic (exact) mass is 289 g/mol. The summed E-state index contributed by atoms with van der Waals surface area (Å²) >= 11 is 0. The molecular formula is C14H19N5O2. The lowest BCUT2D eigenvalue weighted by molar-refractivity contribution is 0.0779. The number of tetrazole rings is 1. The Morgan fingerprint density at radius 2 is 2.24 bits per heavy atom. The summed E-state index contributed by atoms with van der Waals surface area (Å²) in [6.07, 6.45) is 2.35. The van der Waals surface area contributed by atoms with Crippen LogP contribution in [0.15, 0.2) is 24.5 Å². The average Bonchev–Trinajstić information content (AvgIpc) is 3.00. The number of aryl methyl sites for hydroxylation is 1. The van der Waals surface area contributed by atoms with Gasteiger partial charge in [0.25, 0.3) is 5.91 Å². The van der Waals surface area contributed by atoms with E-state index in [-0.39, 0.29) is 5.91 Å². The van der Waals surface area contributed by atoms with E-state index in [4.69, 9.17) is 4.74 Å². The van der Waals surface area contributed by atoms with Crippen LogP contribution in [0, 0.1) is 6.92 Å². The minimum atomic E-state index is -0.00234. The van der Waals surface area contributed by atoms with Crippen LogP contribution >= 0.6 is 0 Å². The fourth-order valence-electron chi connectivity index (χ4n) is 2.09. The molecule has 7 nitrogen and oxygen atoms in total. The van der Waals surface area contributed by atoms with E-state index >= 15 is 0 Å². The molecule has 0 unspecified atom stereocenters. The number of carbonyl (C=O) groups excluding carboxylic acids is 1. The molecule has 0 radical (unpaired) electrons. The lowest BCUT2D eigenvalue weighted by atomic mass is 10.1. The molecule has 21 heavy (non-hydrogen) atoms. The normalized spacial score (nSPS) is 10.6. The van der Waals surface area contributed by atoms with Crippen LogP contribution in [0.4, 0.5) is 0 Å². The third-order valence-electron chi connectivity index (χ3n) is 3.23. The minimum absolute atomic E-state index is 0.00234. The van der Waals surface area contributed by atoms with Gasteiger partial charge in [0.2, 0.25) is 0 Å². The molecule has 2 rings (SSSR count). The maximum Gasteiger partial charge on any atom is 0.253 e. The quantitative estimate of drug-likeness (QED) is 0.744. The maximum absolute atomic E-state index is 12.3. The van der Waals surface area contributed by atoms with E-state index in [9.17, 15) is 4.79 Å². The molecule has 0 spiro atoms. The van der Waals surface area contributed by atoms with E-state index in [1.165, 1.54) is 6.33 Å². The molecule has 7 heteroatoms. The Morgan fingerprint density at radius 1 is 1.43 bits per heavy atom. The van der Waals surface area contributed by atoms with E-state index in [0.717, 1.165) is 17.7 Å².